The van der Waals surface area contributed by atoms with E-state index >= 15 is 0 Å². The summed E-state index contributed by atoms with van der Waals surface area (Å²) in [5, 5.41) is 1.10. The third-order valence-corrected chi connectivity index (χ3v) is 9.68. The van der Waals surface area contributed by atoms with E-state index in [4.69, 9.17) is 5.79 Å². The third-order valence-electron chi connectivity index (χ3n) is 9.68. The maximum absolute atomic E-state index is 7.86. The molecule has 0 aliphatic heterocycles. The molecule has 2 nitrogen and oxygen atoms in total. The lowest BCUT2D eigenvalue weighted by molar-refractivity contribution is 0.632. The van der Waals surface area contributed by atoms with Crippen LogP contribution in [0.5, 0.6) is 0 Å². The zero-order valence-corrected chi connectivity index (χ0v) is 28.5. The Hall–Kier alpha value is -6.90. The molecule has 0 amide bonds. The molecule has 0 radical (unpaired) electrons. The Balaban J connectivity index is 1.02. The van der Waals surface area contributed by atoms with Crippen LogP contribution in [0.15, 0.2) is 217 Å². The lowest BCUT2D eigenvalue weighted by atomic mass is 9.96. The van der Waals surface area contributed by atoms with Crippen LogP contribution in [0.2, 0.25) is 0 Å². The molecule has 0 N–H and O–H groups in total. The SMILES string of the molecule is [2H]c1ccc(-c2ccc(N(c3ccc(-c4ccccc4)cc3)c3ccc(-c4ccc(-c5ccccc5-c5cc6ccccc6o5)cc4)cc3)cc2)cc1. The molecule has 52 heavy (non-hydrogen) atoms. The fourth-order valence-corrected chi connectivity index (χ4v) is 6.97. The largest absolute Gasteiger partial charge is 0.456 e. The summed E-state index contributed by atoms with van der Waals surface area (Å²) in [5.74, 6) is 0.873. The second-order valence-electron chi connectivity index (χ2n) is 12.9. The van der Waals surface area contributed by atoms with E-state index in [9.17, 15) is 0 Å². The van der Waals surface area contributed by atoms with Crippen LogP contribution in [0, 0.1) is 0 Å². The van der Waals surface area contributed by atoms with Crippen LogP contribution in [-0.2, 0) is 0 Å². The van der Waals surface area contributed by atoms with Gasteiger partial charge >= 0.3 is 0 Å². The van der Waals surface area contributed by atoms with Crippen molar-refractivity contribution in [3.8, 4) is 55.8 Å². The Morgan fingerprint density at radius 2 is 0.750 bits per heavy atom. The standard InChI is InChI=1S/C50H35NO/c1-3-11-36(12-4-1)39-23-29-44(30-24-39)51(45-31-25-40(26-32-45)37-13-5-2-6-14-37)46-33-27-41(28-34-46)38-19-21-42(22-20-38)47-16-8-9-17-48(47)50-35-43-15-7-10-18-49(43)52-50/h1-35H/i1D. The van der Waals surface area contributed by atoms with Gasteiger partial charge in [0, 0.05) is 28.0 Å². The van der Waals surface area contributed by atoms with Gasteiger partial charge in [-0.3, -0.25) is 0 Å². The lowest BCUT2D eigenvalue weighted by Crippen LogP contribution is -2.09. The van der Waals surface area contributed by atoms with Gasteiger partial charge in [0.25, 0.3) is 0 Å². The number of furan rings is 1. The summed E-state index contributed by atoms with van der Waals surface area (Å²) < 4.78 is 14.1. The molecule has 246 valence electrons. The molecule has 0 fully saturated rings. The van der Waals surface area contributed by atoms with Crippen molar-refractivity contribution in [1.29, 1.82) is 0 Å². The highest BCUT2D eigenvalue weighted by Gasteiger charge is 2.15. The first-order valence-corrected chi connectivity index (χ1v) is 17.6. The zero-order valence-electron chi connectivity index (χ0n) is 29.5. The highest BCUT2D eigenvalue weighted by atomic mass is 16.3. The number of hydrogen-bond donors (Lipinski definition) is 0. The van der Waals surface area contributed by atoms with Crippen LogP contribution in [0.4, 0.5) is 17.1 Å². The zero-order chi connectivity index (χ0) is 35.6. The minimum absolute atomic E-state index is 0.513. The van der Waals surface area contributed by atoms with E-state index in [0.717, 1.165) is 72.7 Å². The Labute approximate surface area is 305 Å². The van der Waals surface area contributed by atoms with Crippen LogP contribution in [0.1, 0.15) is 1.37 Å². The number of anilines is 3. The molecular formula is C50H35NO. The van der Waals surface area contributed by atoms with Crippen LogP contribution in [-0.4, -0.2) is 0 Å². The average molecular weight is 667 g/mol. The van der Waals surface area contributed by atoms with E-state index in [1.165, 1.54) is 11.1 Å². The van der Waals surface area contributed by atoms with E-state index in [1.54, 1.807) is 0 Å². The second-order valence-corrected chi connectivity index (χ2v) is 12.9. The smallest absolute Gasteiger partial charge is 0.136 e. The Kier molecular flexibility index (Phi) is 7.94. The van der Waals surface area contributed by atoms with Crippen molar-refractivity contribution >= 4 is 28.0 Å². The quantitative estimate of drug-likeness (QED) is 0.160. The van der Waals surface area contributed by atoms with Gasteiger partial charge in [0.2, 0.25) is 0 Å². The summed E-state index contributed by atoms with van der Waals surface area (Å²) in [4.78, 5) is 2.30. The highest BCUT2D eigenvalue weighted by molar-refractivity contribution is 5.89. The molecule has 1 heterocycles. The van der Waals surface area contributed by atoms with Crippen LogP contribution in [0.3, 0.4) is 0 Å². The highest BCUT2D eigenvalue weighted by Crippen LogP contribution is 2.39. The maximum atomic E-state index is 7.86. The minimum Gasteiger partial charge on any atom is -0.456 e. The minimum atomic E-state index is 0.513. The summed E-state index contributed by atoms with van der Waals surface area (Å²) in [5.41, 5.74) is 14.4. The first-order chi connectivity index (χ1) is 26.2. The maximum Gasteiger partial charge on any atom is 0.136 e. The number of rotatable bonds is 8. The van der Waals surface area contributed by atoms with Crippen molar-refractivity contribution in [3.63, 3.8) is 0 Å². The van der Waals surface area contributed by atoms with Crippen molar-refractivity contribution < 1.29 is 5.79 Å². The van der Waals surface area contributed by atoms with Crippen molar-refractivity contribution in [1.82, 2.24) is 0 Å². The molecule has 0 aliphatic rings. The molecule has 9 rings (SSSR count). The van der Waals surface area contributed by atoms with E-state index in [2.05, 4.69) is 163 Å². The molecule has 0 saturated heterocycles. The van der Waals surface area contributed by atoms with Gasteiger partial charge in [-0.15, -0.1) is 0 Å². The molecule has 0 spiro atoms. The van der Waals surface area contributed by atoms with Gasteiger partial charge in [0.15, 0.2) is 0 Å². The fraction of sp³-hybridized carbons (Fsp3) is 0. The summed E-state index contributed by atoms with van der Waals surface area (Å²) in [6.45, 7) is 0. The van der Waals surface area contributed by atoms with E-state index in [0.29, 0.717) is 6.04 Å². The molecule has 9 aromatic rings. The third kappa shape index (κ3) is 6.19. The van der Waals surface area contributed by atoms with Crippen molar-refractivity contribution in [2.24, 2.45) is 0 Å². The van der Waals surface area contributed by atoms with Crippen LogP contribution >= 0.6 is 0 Å². The van der Waals surface area contributed by atoms with E-state index < -0.39 is 0 Å². The second kappa shape index (κ2) is 13.8. The lowest BCUT2D eigenvalue weighted by Gasteiger charge is -2.26. The van der Waals surface area contributed by atoms with Gasteiger partial charge in [0.1, 0.15) is 11.3 Å². The van der Waals surface area contributed by atoms with Crippen LogP contribution < -0.4 is 4.90 Å². The fourth-order valence-electron chi connectivity index (χ4n) is 6.97. The van der Waals surface area contributed by atoms with E-state index in [1.807, 2.05) is 48.5 Å². The molecule has 0 aliphatic carbocycles. The molecule has 8 aromatic carbocycles. The summed E-state index contributed by atoms with van der Waals surface area (Å²) in [6, 6.07) is 72.4. The van der Waals surface area contributed by atoms with Crippen molar-refractivity contribution in [2.45, 2.75) is 0 Å². The van der Waals surface area contributed by atoms with Crippen molar-refractivity contribution in [2.75, 3.05) is 4.90 Å². The van der Waals surface area contributed by atoms with Gasteiger partial charge in [-0.2, -0.15) is 0 Å². The monoisotopic (exact) mass is 666 g/mol. The molecule has 2 heteroatoms. The average Bonchev–Trinajstić information content (AvgIpc) is 3.67. The molecule has 0 unspecified atom stereocenters. The number of nitrogens with zero attached hydrogens (tertiary/aromatic N) is 1. The van der Waals surface area contributed by atoms with Crippen molar-refractivity contribution in [3.05, 3.63) is 212 Å². The number of benzene rings is 8. The molecule has 1 aromatic heterocycles. The Bertz CT molecular complexity index is 2590. The summed E-state index contributed by atoms with van der Waals surface area (Å²) >= 11 is 0. The van der Waals surface area contributed by atoms with E-state index in [-0.39, 0.29) is 0 Å². The topological polar surface area (TPSA) is 16.4 Å². The van der Waals surface area contributed by atoms with Gasteiger partial charge < -0.3 is 9.32 Å². The van der Waals surface area contributed by atoms with Gasteiger partial charge in [-0.05, 0) is 93.0 Å². The molecular weight excluding hydrogens is 631 g/mol. The molecule has 0 atom stereocenters. The predicted octanol–water partition coefficient (Wildman–Crippen LogP) is 14.2. The number of para-hydroxylation sites is 1. The summed E-state index contributed by atoms with van der Waals surface area (Å²) in [7, 11) is 0. The first kappa shape index (κ1) is 30.0. The number of hydrogen-bond acceptors (Lipinski definition) is 2. The predicted molar refractivity (Wildman–Crippen MR) is 218 cm³/mol. The summed E-state index contributed by atoms with van der Waals surface area (Å²) in [6.07, 6.45) is 0. The normalized spacial score (nSPS) is 11.3. The van der Waals surface area contributed by atoms with Gasteiger partial charge in [0.05, 0.1) is 1.37 Å². The Morgan fingerprint density at radius 3 is 1.29 bits per heavy atom. The first-order valence-electron chi connectivity index (χ1n) is 18.1. The Morgan fingerprint density at radius 1 is 0.346 bits per heavy atom. The number of fused-ring (bicyclic) bond motifs is 1. The van der Waals surface area contributed by atoms with Gasteiger partial charge in [-0.1, -0.05) is 164 Å². The molecule has 0 bridgehead atoms. The van der Waals surface area contributed by atoms with Crippen LogP contribution in [0.25, 0.3) is 66.8 Å². The molecule has 0 saturated carbocycles. The van der Waals surface area contributed by atoms with Gasteiger partial charge in [-0.25, -0.2) is 0 Å².